The summed E-state index contributed by atoms with van der Waals surface area (Å²) in [5.74, 6) is -0.969. The Labute approximate surface area is 170 Å². The summed E-state index contributed by atoms with van der Waals surface area (Å²) >= 11 is 0. The molecule has 7 nitrogen and oxygen atoms in total. The standard InChI is InChI=1S/C21H24N2O5S/c1-15(21(25)22-12-4-2-3-5-13-22)28-19(24)14-23-17-10-6-8-16-9-7-11-18(20(16)17)29(23,26)27/h6-11,15H,2-5,12-14H2,1H3. The molecule has 1 saturated heterocycles. The normalized spacial score (nSPS) is 19.1. The predicted molar refractivity (Wildman–Crippen MR) is 109 cm³/mol. The summed E-state index contributed by atoms with van der Waals surface area (Å²) in [6.07, 6.45) is 3.14. The Kier molecular flexibility index (Phi) is 5.21. The van der Waals surface area contributed by atoms with Crippen LogP contribution in [0.3, 0.4) is 0 Å². The molecule has 0 spiro atoms. The average molecular weight is 416 g/mol. The van der Waals surface area contributed by atoms with Crippen LogP contribution in [-0.4, -0.2) is 50.9 Å². The van der Waals surface area contributed by atoms with Crippen LogP contribution in [0.2, 0.25) is 0 Å². The molecule has 0 radical (unpaired) electrons. The van der Waals surface area contributed by atoms with Crippen molar-refractivity contribution in [3.05, 3.63) is 36.4 Å². The van der Waals surface area contributed by atoms with E-state index >= 15 is 0 Å². The first-order chi connectivity index (χ1) is 13.9. The molecule has 1 fully saturated rings. The van der Waals surface area contributed by atoms with E-state index in [1.54, 1.807) is 30.0 Å². The first-order valence-corrected chi connectivity index (χ1v) is 11.4. The lowest BCUT2D eigenvalue weighted by molar-refractivity contribution is -0.157. The van der Waals surface area contributed by atoms with Crippen LogP contribution in [0.15, 0.2) is 41.3 Å². The maximum Gasteiger partial charge on any atom is 0.327 e. The van der Waals surface area contributed by atoms with E-state index in [-0.39, 0.29) is 10.8 Å². The fourth-order valence-electron chi connectivity index (χ4n) is 4.08. The van der Waals surface area contributed by atoms with Crippen LogP contribution in [0.5, 0.6) is 0 Å². The van der Waals surface area contributed by atoms with Gasteiger partial charge < -0.3 is 9.64 Å². The highest BCUT2D eigenvalue weighted by Crippen LogP contribution is 2.41. The minimum absolute atomic E-state index is 0.187. The van der Waals surface area contributed by atoms with E-state index in [0.717, 1.165) is 35.4 Å². The lowest BCUT2D eigenvalue weighted by Crippen LogP contribution is -2.42. The summed E-state index contributed by atoms with van der Waals surface area (Å²) < 4.78 is 32.3. The van der Waals surface area contributed by atoms with Gasteiger partial charge in [0.1, 0.15) is 6.54 Å². The molecule has 0 aliphatic carbocycles. The molecular formula is C21H24N2O5S. The molecule has 1 amide bonds. The van der Waals surface area contributed by atoms with Crippen LogP contribution in [0, 0.1) is 0 Å². The molecule has 0 saturated carbocycles. The van der Waals surface area contributed by atoms with Gasteiger partial charge in [-0.2, -0.15) is 0 Å². The van der Waals surface area contributed by atoms with E-state index in [0.29, 0.717) is 24.2 Å². The lowest BCUT2D eigenvalue weighted by Gasteiger charge is -2.25. The zero-order valence-corrected chi connectivity index (χ0v) is 17.2. The highest BCUT2D eigenvalue weighted by Gasteiger charge is 2.37. The van der Waals surface area contributed by atoms with E-state index in [9.17, 15) is 18.0 Å². The summed E-state index contributed by atoms with van der Waals surface area (Å²) in [4.78, 5) is 27.0. The van der Waals surface area contributed by atoms with Crippen molar-refractivity contribution >= 4 is 38.4 Å². The maximum atomic E-state index is 12.9. The third kappa shape index (κ3) is 3.57. The molecule has 4 rings (SSSR count). The van der Waals surface area contributed by atoms with Crippen LogP contribution in [-0.2, 0) is 24.3 Å². The molecule has 2 aromatic carbocycles. The van der Waals surface area contributed by atoms with E-state index in [4.69, 9.17) is 4.74 Å². The number of nitrogens with zero attached hydrogens (tertiary/aromatic N) is 2. The molecule has 0 aromatic heterocycles. The van der Waals surface area contributed by atoms with E-state index < -0.39 is 28.6 Å². The molecule has 154 valence electrons. The molecule has 1 atom stereocenters. The highest BCUT2D eigenvalue weighted by atomic mass is 32.2. The van der Waals surface area contributed by atoms with Gasteiger partial charge >= 0.3 is 5.97 Å². The zero-order chi connectivity index (χ0) is 20.6. The topological polar surface area (TPSA) is 84.0 Å². The van der Waals surface area contributed by atoms with Crippen molar-refractivity contribution in [1.82, 2.24) is 4.90 Å². The molecule has 2 aliphatic heterocycles. The van der Waals surface area contributed by atoms with Gasteiger partial charge in [-0.05, 0) is 37.3 Å². The Morgan fingerprint density at radius 1 is 1.03 bits per heavy atom. The Hall–Kier alpha value is -2.61. The van der Waals surface area contributed by atoms with Gasteiger partial charge in [0.15, 0.2) is 6.10 Å². The Bertz CT molecular complexity index is 1050. The quantitative estimate of drug-likeness (QED) is 0.716. The Morgan fingerprint density at radius 3 is 2.38 bits per heavy atom. The van der Waals surface area contributed by atoms with Gasteiger partial charge in [-0.1, -0.05) is 37.1 Å². The molecule has 2 aliphatic rings. The van der Waals surface area contributed by atoms with Crippen LogP contribution >= 0.6 is 0 Å². The van der Waals surface area contributed by atoms with E-state index in [1.165, 1.54) is 6.07 Å². The smallest absolute Gasteiger partial charge is 0.327 e. The van der Waals surface area contributed by atoms with Crippen LogP contribution < -0.4 is 4.31 Å². The number of amides is 1. The third-order valence-corrected chi connectivity index (χ3v) is 7.33. The van der Waals surface area contributed by atoms with Crippen molar-refractivity contribution < 1.29 is 22.7 Å². The van der Waals surface area contributed by atoms with Crippen molar-refractivity contribution in [1.29, 1.82) is 0 Å². The number of carbonyl (C=O) groups excluding carboxylic acids is 2. The number of hydrogen-bond donors (Lipinski definition) is 0. The molecule has 2 aromatic rings. The molecule has 0 N–H and O–H groups in total. The molecule has 8 heteroatoms. The Morgan fingerprint density at radius 2 is 1.69 bits per heavy atom. The SMILES string of the molecule is CC(OC(=O)CN1c2cccc3cccc(c23)S1(=O)=O)C(=O)N1CCCCCC1. The second kappa shape index (κ2) is 7.67. The third-order valence-electron chi connectivity index (χ3n) is 5.53. The maximum absolute atomic E-state index is 12.9. The summed E-state index contributed by atoms with van der Waals surface area (Å²) in [5.41, 5.74) is 0.460. The number of carbonyl (C=O) groups is 2. The fourth-order valence-corrected chi connectivity index (χ4v) is 5.73. The number of benzene rings is 2. The number of rotatable bonds is 4. The van der Waals surface area contributed by atoms with Crippen LogP contribution in [0.25, 0.3) is 10.8 Å². The molecule has 0 bridgehead atoms. The largest absolute Gasteiger partial charge is 0.451 e. The van der Waals surface area contributed by atoms with Gasteiger partial charge in [-0.15, -0.1) is 0 Å². The number of anilines is 1. The number of likely N-dealkylation sites (tertiary alicyclic amines) is 1. The summed E-state index contributed by atoms with van der Waals surface area (Å²) in [6.45, 7) is 2.41. The summed E-state index contributed by atoms with van der Waals surface area (Å²) in [7, 11) is -3.84. The van der Waals surface area contributed by atoms with E-state index in [1.807, 2.05) is 12.1 Å². The minimum atomic E-state index is -3.84. The van der Waals surface area contributed by atoms with Crippen LogP contribution in [0.1, 0.15) is 32.6 Å². The average Bonchev–Trinajstić information content (AvgIpc) is 2.90. The Balaban J connectivity index is 1.49. The number of hydrogen-bond acceptors (Lipinski definition) is 5. The molecule has 29 heavy (non-hydrogen) atoms. The monoisotopic (exact) mass is 416 g/mol. The zero-order valence-electron chi connectivity index (χ0n) is 16.3. The van der Waals surface area contributed by atoms with Crippen molar-refractivity contribution in [2.45, 2.75) is 43.6 Å². The fraction of sp³-hybridized carbons (Fsp3) is 0.429. The van der Waals surface area contributed by atoms with Crippen LogP contribution in [0.4, 0.5) is 5.69 Å². The summed E-state index contributed by atoms with van der Waals surface area (Å²) in [5, 5.41) is 1.40. The van der Waals surface area contributed by atoms with Crippen molar-refractivity contribution in [2.75, 3.05) is 23.9 Å². The highest BCUT2D eigenvalue weighted by molar-refractivity contribution is 7.93. The minimum Gasteiger partial charge on any atom is -0.451 e. The van der Waals surface area contributed by atoms with Crippen molar-refractivity contribution in [3.63, 3.8) is 0 Å². The van der Waals surface area contributed by atoms with Gasteiger partial charge in [-0.25, -0.2) is 8.42 Å². The summed E-state index contributed by atoms with van der Waals surface area (Å²) in [6, 6.07) is 10.3. The first-order valence-electron chi connectivity index (χ1n) is 9.92. The lowest BCUT2D eigenvalue weighted by atomic mass is 10.1. The molecular weight excluding hydrogens is 392 g/mol. The molecule has 2 heterocycles. The van der Waals surface area contributed by atoms with Gasteiger partial charge in [0.25, 0.3) is 15.9 Å². The predicted octanol–water partition coefficient (Wildman–Crippen LogP) is 2.68. The second-order valence-electron chi connectivity index (χ2n) is 7.51. The van der Waals surface area contributed by atoms with Gasteiger partial charge in [0, 0.05) is 18.5 Å². The second-order valence-corrected chi connectivity index (χ2v) is 9.35. The number of ether oxygens (including phenoxy) is 1. The van der Waals surface area contributed by atoms with E-state index in [2.05, 4.69) is 0 Å². The number of esters is 1. The van der Waals surface area contributed by atoms with Crippen molar-refractivity contribution in [2.24, 2.45) is 0 Å². The van der Waals surface area contributed by atoms with Gasteiger partial charge in [-0.3, -0.25) is 13.9 Å². The molecule has 1 unspecified atom stereocenters. The van der Waals surface area contributed by atoms with Gasteiger partial charge in [0.2, 0.25) is 0 Å². The first kappa shape index (κ1) is 19.7. The number of sulfonamides is 1. The van der Waals surface area contributed by atoms with Gasteiger partial charge in [0.05, 0.1) is 10.6 Å². The van der Waals surface area contributed by atoms with Crippen molar-refractivity contribution in [3.8, 4) is 0 Å².